The van der Waals surface area contributed by atoms with Gasteiger partial charge in [-0.1, -0.05) is 29.5 Å². The number of rotatable bonds is 6. The molecule has 0 saturated heterocycles. The van der Waals surface area contributed by atoms with Crippen LogP contribution in [0.4, 0.5) is 16.5 Å². The Morgan fingerprint density at radius 3 is 2.69 bits per heavy atom. The number of nitrogens with zero attached hydrogens (tertiary/aromatic N) is 2. The Labute approximate surface area is 230 Å². The standard InChI is InChI=1S/C29H27N3O5S2/c1-32-23-5-3-4-6-26(23)39(35,36)27-12-8-18(15-24(27)32)21(14-17-7-9-19(33)13-17)28(34)31-29-30-22-11-10-20(37-2)16-25(22)38-29/h3-6,8,10-12,15-17,21H,7,9,13-14H2,1-2H3,(H,30,31,34)/t17-,21?/m0/s1. The first kappa shape index (κ1) is 25.5. The van der Waals surface area contributed by atoms with Crippen LogP contribution in [0.25, 0.3) is 10.2 Å². The van der Waals surface area contributed by atoms with Gasteiger partial charge < -0.3 is 15.0 Å². The highest BCUT2D eigenvalue weighted by molar-refractivity contribution is 7.92. The summed E-state index contributed by atoms with van der Waals surface area (Å²) in [5, 5.41) is 3.46. The fraction of sp³-hybridized carbons (Fsp3) is 0.276. The SMILES string of the molecule is COc1ccc2nc(NC(=O)C(C[C@H]3CCC(=O)C3)c3ccc4c(c3)N(C)c3ccccc3S4(=O)=O)sc2c1. The second-order valence-electron chi connectivity index (χ2n) is 10.0. The second-order valence-corrected chi connectivity index (χ2v) is 13.0. The highest BCUT2D eigenvalue weighted by Gasteiger charge is 2.35. The number of ketones is 1. The lowest BCUT2D eigenvalue weighted by atomic mass is 9.87. The number of methoxy groups -OCH3 is 1. The van der Waals surface area contributed by atoms with E-state index in [1.165, 1.54) is 11.3 Å². The van der Waals surface area contributed by atoms with Gasteiger partial charge >= 0.3 is 0 Å². The van der Waals surface area contributed by atoms with Crippen molar-refractivity contribution in [1.29, 1.82) is 0 Å². The van der Waals surface area contributed by atoms with Crippen LogP contribution in [0, 0.1) is 5.92 Å². The van der Waals surface area contributed by atoms with E-state index in [-0.39, 0.29) is 27.4 Å². The van der Waals surface area contributed by atoms with Crippen molar-refractivity contribution in [2.45, 2.75) is 41.4 Å². The Morgan fingerprint density at radius 1 is 1.13 bits per heavy atom. The van der Waals surface area contributed by atoms with Crippen LogP contribution in [0.3, 0.4) is 0 Å². The number of benzene rings is 3. The molecule has 1 aromatic heterocycles. The van der Waals surface area contributed by atoms with Gasteiger partial charge in [-0.2, -0.15) is 0 Å². The number of sulfone groups is 1. The van der Waals surface area contributed by atoms with E-state index < -0.39 is 15.8 Å². The van der Waals surface area contributed by atoms with E-state index >= 15 is 0 Å². The molecule has 8 nitrogen and oxygen atoms in total. The van der Waals surface area contributed by atoms with Crippen LogP contribution in [-0.2, 0) is 19.4 Å². The zero-order valence-corrected chi connectivity index (χ0v) is 23.1. The van der Waals surface area contributed by atoms with Crippen molar-refractivity contribution < 1.29 is 22.7 Å². The molecule has 39 heavy (non-hydrogen) atoms. The molecule has 2 heterocycles. The molecule has 1 amide bonds. The summed E-state index contributed by atoms with van der Waals surface area (Å²) in [7, 11) is -0.271. The van der Waals surface area contributed by atoms with Crippen LogP contribution in [0.5, 0.6) is 5.75 Å². The van der Waals surface area contributed by atoms with Crippen molar-refractivity contribution in [3.63, 3.8) is 0 Å². The molecule has 2 aliphatic rings. The third-order valence-corrected chi connectivity index (χ3v) is 10.4. The summed E-state index contributed by atoms with van der Waals surface area (Å²) in [5.74, 6) is 0.198. The second kappa shape index (κ2) is 9.77. The van der Waals surface area contributed by atoms with Gasteiger partial charge in [0.05, 0.1) is 44.4 Å². The third kappa shape index (κ3) is 4.57. The number of aromatic nitrogens is 1. The summed E-state index contributed by atoms with van der Waals surface area (Å²) >= 11 is 1.36. The van der Waals surface area contributed by atoms with Gasteiger partial charge in [0.15, 0.2) is 5.13 Å². The molecule has 0 spiro atoms. The van der Waals surface area contributed by atoms with Crippen molar-refractivity contribution >= 4 is 59.6 Å². The van der Waals surface area contributed by atoms with Crippen molar-refractivity contribution in [3.8, 4) is 5.75 Å². The maximum atomic E-state index is 13.8. The van der Waals surface area contributed by atoms with Crippen LogP contribution in [0.2, 0.25) is 0 Å². The van der Waals surface area contributed by atoms with Gasteiger partial charge in [-0.3, -0.25) is 9.59 Å². The Balaban J connectivity index is 1.36. The molecule has 3 aromatic carbocycles. The van der Waals surface area contributed by atoms with Crippen molar-refractivity contribution in [1.82, 2.24) is 4.98 Å². The number of anilines is 3. The fourth-order valence-corrected chi connectivity index (χ4v) is 8.14. The molecule has 1 unspecified atom stereocenters. The van der Waals surface area contributed by atoms with Gasteiger partial charge in [-0.25, -0.2) is 13.4 Å². The number of Topliss-reactive ketones (excluding diaryl/α,β-unsaturated/α-hetero) is 1. The normalized spacial score (nSPS) is 18.5. The number of para-hydroxylation sites is 1. The summed E-state index contributed by atoms with van der Waals surface area (Å²) in [6.07, 6.45) is 2.22. The Kier molecular flexibility index (Phi) is 6.39. The molecule has 2 atom stereocenters. The minimum atomic E-state index is -3.70. The molecule has 4 aromatic rings. The average molecular weight is 562 g/mol. The fourth-order valence-electron chi connectivity index (χ4n) is 5.55. The third-order valence-electron chi connectivity index (χ3n) is 7.61. The van der Waals surface area contributed by atoms with Gasteiger partial charge in [-0.15, -0.1) is 0 Å². The maximum absolute atomic E-state index is 13.8. The van der Waals surface area contributed by atoms with Gasteiger partial charge in [0, 0.05) is 19.9 Å². The van der Waals surface area contributed by atoms with Crippen LogP contribution >= 0.6 is 11.3 Å². The molecule has 1 N–H and O–H groups in total. The number of carbonyl (C=O) groups excluding carboxylic acids is 2. The Hall–Kier alpha value is -3.76. The summed E-state index contributed by atoms with van der Waals surface area (Å²) in [4.78, 5) is 32.7. The number of amides is 1. The lowest BCUT2D eigenvalue weighted by Gasteiger charge is -2.31. The van der Waals surface area contributed by atoms with Gasteiger partial charge in [0.25, 0.3) is 0 Å². The minimum absolute atomic E-state index is 0.0890. The summed E-state index contributed by atoms with van der Waals surface area (Å²) in [6.45, 7) is 0. The number of nitrogens with one attached hydrogen (secondary N) is 1. The van der Waals surface area contributed by atoms with E-state index in [2.05, 4.69) is 10.3 Å². The molecule has 0 radical (unpaired) electrons. The minimum Gasteiger partial charge on any atom is -0.497 e. The molecular formula is C29H27N3O5S2. The van der Waals surface area contributed by atoms with Gasteiger partial charge in [-0.05, 0) is 66.8 Å². The van der Waals surface area contributed by atoms with E-state index in [1.54, 1.807) is 49.6 Å². The molecule has 200 valence electrons. The van der Waals surface area contributed by atoms with Crippen LogP contribution in [0.1, 0.15) is 37.2 Å². The molecule has 6 rings (SSSR count). The number of hydrogen-bond donors (Lipinski definition) is 1. The van der Waals surface area contributed by atoms with Gasteiger partial charge in [0.1, 0.15) is 11.5 Å². The van der Waals surface area contributed by atoms with Gasteiger partial charge in [0.2, 0.25) is 15.7 Å². The predicted octanol–water partition coefficient (Wildman–Crippen LogP) is 5.70. The predicted molar refractivity (Wildman–Crippen MR) is 151 cm³/mol. The lowest BCUT2D eigenvalue weighted by molar-refractivity contribution is -0.119. The number of fused-ring (bicyclic) bond motifs is 3. The number of ether oxygens (including phenoxy) is 1. The van der Waals surface area contributed by atoms with E-state index in [9.17, 15) is 18.0 Å². The number of carbonyl (C=O) groups is 2. The lowest BCUT2D eigenvalue weighted by Crippen LogP contribution is -2.25. The first-order valence-corrected chi connectivity index (χ1v) is 15.0. The summed E-state index contributed by atoms with van der Waals surface area (Å²) < 4.78 is 33.0. The molecule has 10 heteroatoms. The summed E-state index contributed by atoms with van der Waals surface area (Å²) in [6, 6.07) is 17.6. The Bertz CT molecular complexity index is 1730. The molecule has 1 saturated carbocycles. The zero-order valence-electron chi connectivity index (χ0n) is 21.5. The topological polar surface area (TPSA) is 106 Å². The van der Waals surface area contributed by atoms with E-state index in [0.717, 1.165) is 16.6 Å². The quantitative estimate of drug-likeness (QED) is 0.322. The van der Waals surface area contributed by atoms with Crippen molar-refractivity contribution in [2.24, 2.45) is 5.92 Å². The first-order valence-electron chi connectivity index (χ1n) is 12.7. The maximum Gasteiger partial charge on any atom is 0.233 e. The molecule has 0 bridgehead atoms. The molecule has 1 aliphatic heterocycles. The van der Waals surface area contributed by atoms with Crippen LogP contribution in [0.15, 0.2) is 70.5 Å². The van der Waals surface area contributed by atoms with E-state index in [1.807, 2.05) is 30.1 Å². The van der Waals surface area contributed by atoms with E-state index in [4.69, 9.17) is 4.74 Å². The van der Waals surface area contributed by atoms with Crippen LogP contribution < -0.4 is 15.0 Å². The molecule has 1 fully saturated rings. The van der Waals surface area contributed by atoms with Crippen LogP contribution in [-0.4, -0.2) is 39.2 Å². The first-order chi connectivity index (χ1) is 18.7. The number of thiazole rings is 1. The van der Waals surface area contributed by atoms with Crippen molar-refractivity contribution in [3.05, 3.63) is 66.2 Å². The Morgan fingerprint density at radius 2 is 1.92 bits per heavy atom. The molecular weight excluding hydrogens is 534 g/mol. The van der Waals surface area contributed by atoms with E-state index in [0.29, 0.717) is 47.1 Å². The largest absolute Gasteiger partial charge is 0.497 e. The highest BCUT2D eigenvalue weighted by Crippen LogP contribution is 2.45. The average Bonchev–Trinajstić information content (AvgIpc) is 3.54. The monoisotopic (exact) mass is 561 g/mol. The number of hydrogen-bond acceptors (Lipinski definition) is 8. The molecule has 1 aliphatic carbocycles. The highest BCUT2D eigenvalue weighted by atomic mass is 32.2. The van der Waals surface area contributed by atoms with Crippen molar-refractivity contribution in [2.75, 3.05) is 24.4 Å². The zero-order chi connectivity index (χ0) is 27.3. The summed E-state index contributed by atoms with van der Waals surface area (Å²) in [5.41, 5.74) is 2.58. The smallest absolute Gasteiger partial charge is 0.233 e.